The highest BCUT2D eigenvalue weighted by Crippen LogP contribution is 2.11. The van der Waals surface area contributed by atoms with Gasteiger partial charge in [0, 0.05) is 12.2 Å². The molecule has 0 aromatic heterocycles. The van der Waals surface area contributed by atoms with Gasteiger partial charge >= 0.3 is 11.9 Å². The Morgan fingerprint density at radius 1 is 0.464 bits per heavy atom. The molecule has 1 aliphatic heterocycles. The monoisotopic (exact) mass is 392 g/mol. The second-order valence-electron chi connectivity index (χ2n) is 7.67. The maximum absolute atomic E-state index is 11.6. The van der Waals surface area contributed by atoms with E-state index in [-0.39, 0.29) is 11.9 Å². The summed E-state index contributed by atoms with van der Waals surface area (Å²) in [5, 5.41) is 0. The summed E-state index contributed by atoms with van der Waals surface area (Å²) in [6.07, 6.45) is 25.1. The molecule has 4 nitrogen and oxygen atoms in total. The zero-order chi connectivity index (χ0) is 20.1. The molecular formula is C24H40O4. The van der Waals surface area contributed by atoms with Gasteiger partial charge in [0.1, 0.15) is 0 Å². The highest BCUT2D eigenvalue weighted by molar-refractivity contribution is 5.82. The van der Waals surface area contributed by atoms with Gasteiger partial charge in [-0.1, -0.05) is 76.4 Å². The van der Waals surface area contributed by atoms with E-state index in [9.17, 15) is 9.59 Å². The number of carbonyl (C=O) groups excluding carboxylic acids is 2. The average molecular weight is 393 g/mol. The van der Waals surface area contributed by atoms with Gasteiger partial charge in [-0.25, -0.2) is 9.59 Å². The molecule has 0 amide bonds. The molecule has 4 heteroatoms. The minimum absolute atomic E-state index is 0.211. The Morgan fingerprint density at radius 3 is 1.18 bits per heavy atom. The van der Waals surface area contributed by atoms with E-state index in [4.69, 9.17) is 9.47 Å². The van der Waals surface area contributed by atoms with Crippen molar-refractivity contribution in [3.05, 3.63) is 24.3 Å². The number of rotatable bonds is 0. The van der Waals surface area contributed by atoms with Crippen LogP contribution in [-0.4, -0.2) is 25.2 Å². The van der Waals surface area contributed by atoms with Crippen LogP contribution in [0.3, 0.4) is 0 Å². The summed E-state index contributed by atoms with van der Waals surface area (Å²) in [5.41, 5.74) is 0. The van der Waals surface area contributed by atoms with E-state index in [0.29, 0.717) is 13.2 Å². The van der Waals surface area contributed by atoms with E-state index in [0.717, 1.165) is 64.2 Å². The molecule has 1 rings (SSSR count). The number of hydrogen-bond acceptors (Lipinski definition) is 4. The largest absolute Gasteiger partial charge is 0.463 e. The van der Waals surface area contributed by atoms with Crippen molar-refractivity contribution in [1.29, 1.82) is 0 Å². The van der Waals surface area contributed by atoms with Gasteiger partial charge in [0.15, 0.2) is 0 Å². The zero-order valence-electron chi connectivity index (χ0n) is 17.7. The second kappa shape index (κ2) is 18.8. The van der Waals surface area contributed by atoms with Gasteiger partial charge in [0.25, 0.3) is 0 Å². The molecule has 0 atom stereocenters. The Morgan fingerprint density at radius 2 is 0.786 bits per heavy atom. The van der Waals surface area contributed by atoms with Gasteiger partial charge in [-0.05, 0) is 38.5 Å². The van der Waals surface area contributed by atoms with Crippen molar-refractivity contribution < 1.29 is 19.1 Å². The topological polar surface area (TPSA) is 52.6 Å². The average Bonchev–Trinajstić information content (AvgIpc) is 2.69. The smallest absolute Gasteiger partial charge is 0.330 e. The molecule has 0 aromatic carbocycles. The first-order valence-electron chi connectivity index (χ1n) is 11.5. The first-order valence-corrected chi connectivity index (χ1v) is 11.5. The Balaban J connectivity index is 2.22. The van der Waals surface area contributed by atoms with Gasteiger partial charge in [0.05, 0.1) is 13.2 Å². The van der Waals surface area contributed by atoms with Gasteiger partial charge < -0.3 is 9.47 Å². The number of hydrogen-bond donors (Lipinski definition) is 0. The van der Waals surface area contributed by atoms with Crippen molar-refractivity contribution in [2.75, 3.05) is 13.2 Å². The Hall–Kier alpha value is -1.58. The van der Waals surface area contributed by atoms with Crippen LogP contribution in [0.5, 0.6) is 0 Å². The summed E-state index contributed by atoms with van der Waals surface area (Å²) >= 11 is 0. The van der Waals surface area contributed by atoms with E-state index < -0.39 is 0 Å². The third-order valence-corrected chi connectivity index (χ3v) is 5.03. The Kier molecular flexibility index (Phi) is 16.4. The molecule has 0 aliphatic carbocycles. The summed E-state index contributed by atoms with van der Waals surface area (Å²) in [6, 6.07) is 0. The van der Waals surface area contributed by atoms with Crippen LogP contribution in [0.4, 0.5) is 0 Å². The number of allylic oxidation sites excluding steroid dienone is 2. The highest BCUT2D eigenvalue weighted by atomic mass is 16.5. The fourth-order valence-corrected chi connectivity index (χ4v) is 3.30. The van der Waals surface area contributed by atoms with Crippen LogP contribution in [0.2, 0.25) is 0 Å². The Bertz CT molecular complexity index is 412. The number of esters is 2. The van der Waals surface area contributed by atoms with Crippen LogP contribution in [0.15, 0.2) is 24.3 Å². The minimum Gasteiger partial charge on any atom is -0.463 e. The van der Waals surface area contributed by atoms with E-state index in [1.54, 1.807) is 12.2 Å². The third kappa shape index (κ3) is 16.6. The second-order valence-corrected chi connectivity index (χ2v) is 7.67. The molecule has 0 saturated carbocycles. The standard InChI is InChI=1S/C24H40O4/c25-23-19-15-11-7-5-3-1-2-4-6-8-12-16-20-24(26)28-22-18-14-10-9-13-17-21-27-23/h15-16,19-20H,1-14,17-18,21-22H2/b19-15+,20-16+. The van der Waals surface area contributed by atoms with Crippen molar-refractivity contribution >= 4 is 11.9 Å². The molecule has 0 spiro atoms. The van der Waals surface area contributed by atoms with E-state index >= 15 is 0 Å². The molecule has 160 valence electrons. The highest BCUT2D eigenvalue weighted by Gasteiger charge is 1.99. The molecule has 0 aromatic rings. The van der Waals surface area contributed by atoms with E-state index in [1.165, 1.54) is 38.5 Å². The molecule has 28 heavy (non-hydrogen) atoms. The van der Waals surface area contributed by atoms with Crippen molar-refractivity contribution in [1.82, 2.24) is 0 Å². The number of cyclic esters (lactones) is 2. The van der Waals surface area contributed by atoms with E-state index in [2.05, 4.69) is 0 Å². The fourth-order valence-electron chi connectivity index (χ4n) is 3.30. The zero-order valence-corrected chi connectivity index (χ0v) is 17.7. The fraction of sp³-hybridized carbons (Fsp3) is 0.750. The van der Waals surface area contributed by atoms with Gasteiger partial charge in [-0.3, -0.25) is 0 Å². The summed E-state index contributed by atoms with van der Waals surface area (Å²) in [4.78, 5) is 23.2. The summed E-state index contributed by atoms with van der Waals surface area (Å²) < 4.78 is 10.4. The molecule has 1 aliphatic rings. The first kappa shape index (κ1) is 24.5. The molecular weight excluding hydrogens is 352 g/mol. The predicted octanol–water partition coefficient (Wildman–Crippen LogP) is 6.44. The SMILES string of the molecule is O=C1/C=C/CCCCCCCCCC/C=C/C(=O)OCCCCCCCCO1. The normalized spacial score (nSPS) is 23.9. The van der Waals surface area contributed by atoms with Crippen molar-refractivity contribution in [2.45, 2.75) is 103 Å². The van der Waals surface area contributed by atoms with Gasteiger partial charge in [-0.15, -0.1) is 0 Å². The quantitative estimate of drug-likeness (QED) is 0.445. The summed E-state index contributed by atoms with van der Waals surface area (Å²) in [6.45, 7) is 1.01. The lowest BCUT2D eigenvalue weighted by Crippen LogP contribution is -2.03. The predicted molar refractivity (Wildman–Crippen MR) is 114 cm³/mol. The molecule has 0 unspecified atom stereocenters. The first-order chi connectivity index (χ1) is 13.8. The molecule has 0 bridgehead atoms. The van der Waals surface area contributed by atoms with Crippen LogP contribution in [0.25, 0.3) is 0 Å². The molecule has 1 heterocycles. The molecule has 0 fully saturated rings. The summed E-state index contributed by atoms with van der Waals surface area (Å²) in [5.74, 6) is -0.422. The maximum Gasteiger partial charge on any atom is 0.330 e. The van der Waals surface area contributed by atoms with E-state index in [1.807, 2.05) is 12.2 Å². The third-order valence-electron chi connectivity index (χ3n) is 5.03. The maximum atomic E-state index is 11.6. The Labute approximate surface area is 171 Å². The van der Waals surface area contributed by atoms with Crippen LogP contribution in [0.1, 0.15) is 103 Å². The lowest BCUT2D eigenvalue weighted by molar-refractivity contribution is -0.138. The van der Waals surface area contributed by atoms with Crippen molar-refractivity contribution in [3.63, 3.8) is 0 Å². The lowest BCUT2D eigenvalue weighted by atomic mass is 10.1. The number of ether oxygens (including phenoxy) is 2. The number of carbonyl (C=O) groups is 2. The van der Waals surface area contributed by atoms with Gasteiger partial charge in [-0.2, -0.15) is 0 Å². The molecule has 0 N–H and O–H groups in total. The van der Waals surface area contributed by atoms with Crippen molar-refractivity contribution in [3.8, 4) is 0 Å². The minimum atomic E-state index is -0.211. The van der Waals surface area contributed by atoms with Crippen LogP contribution >= 0.6 is 0 Å². The molecule has 0 saturated heterocycles. The van der Waals surface area contributed by atoms with Crippen LogP contribution < -0.4 is 0 Å². The van der Waals surface area contributed by atoms with Crippen LogP contribution in [-0.2, 0) is 19.1 Å². The van der Waals surface area contributed by atoms with Gasteiger partial charge in [0.2, 0.25) is 0 Å². The van der Waals surface area contributed by atoms with Crippen molar-refractivity contribution in [2.24, 2.45) is 0 Å². The van der Waals surface area contributed by atoms with Crippen LogP contribution in [0, 0.1) is 0 Å². The molecule has 0 radical (unpaired) electrons. The summed E-state index contributed by atoms with van der Waals surface area (Å²) in [7, 11) is 0. The lowest BCUT2D eigenvalue weighted by Gasteiger charge is -2.04.